The van der Waals surface area contributed by atoms with Gasteiger partial charge in [0.2, 0.25) is 0 Å². The number of hydrogen-bond acceptors (Lipinski definition) is 4. The Morgan fingerprint density at radius 1 is 1.16 bits per heavy atom. The zero-order valence-corrected chi connectivity index (χ0v) is 12.0. The molecule has 0 saturated carbocycles. The molecule has 0 aliphatic heterocycles. The predicted octanol–water partition coefficient (Wildman–Crippen LogP) is 4.35. The first-order chi connectivity index (χ1) is 9.19. The molecule has 100 valence electrons. The summed E-state index contributed by atoms with van der Waals surface area (Å²) in [6.45, 7) is 2.95. The highest BCUT2D eigenvalue weighted by Gasteiger charge is 2.04. The molecule has 2 rings (SSSR count). The van der Waals surface area contributed by atoms with Gasteiger partial charge >= 0.3 is 0 Å². The molecule has 0 bridgehead atoms. The smallest absolute Gasteiger partial charge is 0.151 e. The molecule has 0 aliphatic rings. The summed E-state index contributed by atoms with van der Waals surface area (Å²) in [5.74, 6) is 1.34. The third-order valence-electron chi connectivity index (χ3n) is 2.38. The molecule has 0 saturated heterocycles. The van der Waals surface area contributed by atoms with Crippen molar-refractivity contribution in [3.05, 3.63) is 40.6 Å². The van der Waals surface area contributed by atoms with Gasteiger partial charge in [0.1, 0.15) is 5.82 Å². The molecule has 0 unspecified atom stereocenters. The third-order valence-corrected chi connectivity index (χ3v) is 2.95. The van der Waals surface area contributed by atoms with E-state index >= 15 is 0 Å². The van der Waals surface area contributed by atoms with E-state index in [0.29, 0.717) is 21.6 Å². The Kier molecular flexibility index (Phi) is 4.82. The first-order valence-corrected chi connectivity index (χ1v) is 6.72. The molecule has 0 amide bonds. The van der Waals surface area contributed by atoms with E-state index < -0.39 is 0 Å². The molecule has 2 N–H and O–H groups in total. The van der Waals surface area contributed by atoms with Crippen LogP contribution in [0.3, 0.4) is 0 Å². The normalized spacial score (nSPS) is 10.3. The van der Waals surface area contributed by atoms with E-state index in [9.17, 15) is 0 Å². The molecule has 19 heavy (non-hydrogen) atoms. The molecule has 1 heterocycles. The van der Waals surface area contributed by atoms with E-state index in [-0.39, 0.29) is 0 Å². The van der Waals surface area contributed by atoms with Crippen molar-refractivity contribution in [1.82, 2.24) is 9.97 Å². The van der Waals surface area contributed by atoms with Crippen LogP contribution >= 0.6 is 23.2 Å². The van der Waals surface area contributed by atoms with Crippen molar-refractivity contribution in [3.8, 4) is 0 Å². The number of halogens is 2. The Morgan fingerprint density at radius 3 is 2.74 bits per heavy atom. The SMILES string of the molecule is CCCNc1cncc(Nc2cc(Cl)ccc2Cl)n1. The van der Waals surface area contributed by atoms with Gasteiger partial charge < -0.3 is 10.6 Å². The van der Waals surface area contributed by atoms with Gasteiger partial charge in [-0.05, 0) is 24.6 Å². The fraction of sp³-hybridized carbons (Fsp3) is 0.231. The van der Waals surface area contributed by atoms with Crippen LogP contribution in [-0.2, 0) is 0 Å². The molecule has 1 aromatic heterocycles. The molecule has 4 nitrogen and oxygen atoms in total. The minimum atomic E-state index is 0.582. The average molecular weight is 297 g/mol. The largest absolute Gasteiger partial charge is 0.369 e. The summed E-state index contributed by atoms with van der Waals surface area (Å²) in [6.07, 6.45) is 4.34. The van der Waals surface area contributed by atoms with E-state index in [1.807, 2.05) is 0 Å². The Hall–Kier alpha value is -1.52. The second-order valence-electron chi connectivity index (χ2n) is 3.97. The lowest BCUT2D eigenvalue weighted by molar-refractivity contribution is 0.965. The highest BCUT2D eigenvalue weighted by Crippen LogP contribution is 2.27. The van der Waals surface area contributed by atoms with Crippen LogP contribution in [0.1, 0.15) is 13.3 Å². The molecule has 0 aliphatic carbocycles. The van der Waals surface area contributed by atoms with E-state index in [4.69, 9.17) is 23.2 Å². The van der Waals surface area contributed by atoms with Gasteiger partial charge in [-0.15, -0.1) is 0 Å². The van der Waals surface area contributed by atoms with Gasteiger partial charge in [-0.1, -0.05) is 30.1 Å². The monoisotopic (exact) mass is 296 g/mol. The lowest BCUT2D eigenvalue weighted by atomic mass is 10.3. The van der Waals surface area contributed by atoms with Crippen molar-refractivity contribution in [2.75, 3.05) is 17.2 Å². The summed E-state index contributed by atoms with van der Waals surface area (Å²) in [4.78, 5) is 8.51. The number of rotatable bonds is 5. The summed E-state index contributed by atoms with van der Waals surface area (Å²) >= 11 is 12.0. The fourth-order valence-electron chi connectivity index (χ4n) is 1.50. The molecule has 2 aromatic rings. The molecule has 0 radical (unpaired) electrons. The maximum absolute atomic E-state index is 6.08. The summed E-state index contributed by atoms with van der Waals surface area (Å²) in [5, 5.41) is 7.47. The van der Waals surface area contributed by atoms with E-state index in [1.165, 1.54) is 0 Å². The Morgan fingerprint density at radius 2 is 1.95 bits per heavy atom. The zero-order chi connectivity index (χ0) is 13.7. The van der Waals surface area contributed by atoms with Crippen LogP contribution in [0.25, 0.3) is 0 Å². The summed E-state index contributed by atoms with van der Waals surface area (Å²) < 4.78 is 0. The Balaban J connectivity index is 2.16. The number of benzene rings is 1. The summed E-state index contributed by atoms with van der Waals surface area (Å²) in [6, 6.07) is 5.22. The van der Waals surface area contributed by atoms with E-state index in [2.05, 4.69) is 27.5 Å². The van der Waals surface area contributed by atoms with Crippen molar-refractivity contribution >= 4 is 40.5 Å². The van der Waals surface area contributed by atoms with E-state index in [0.717, 1.165) is 18.8 Å². The second-order valence-corrected chi connectivity index (χ2v) is 4.81. The molecule has 0 atom stereocenters. The van der Waals surface area contributed by atoms with Gasteiger partial charge in [-0.2, -0.15) is 0 Å². The van der Waals surface area contributed by atoms with Crippen LogP contribution in [0.4, 0.5) is 17.3 Å². The highest BCUT2D eigenvalue weighted by molar-refractivity contribution is 6.35. The number of nitrogens with zero attached hydrogens (tertiary/aromatic N) is 2. The van der Waals surface area contributed by atoms with Crippen molar-refractivity contribution in [1.29, 1.82) is 0 Å². The average Bonchev–Trinajstić information content (AvgIpc) is 2.41. The minimum Gasteiger partial charge on any atom is -0.369 e. The zero-order valence-electron chi connectivity index (χ0n) is 10.5. The molecule has 1 aromatic carbocycles. The fourth-order valence-corrected chi connectivity index (χ4v) is 1.83. The second kappa shape index (κ2) is 6.59. The van der Waals surface area contributed by atoms with Crippen molar-refractivity contribution < 1.29 is 0 Å². The lowest BCUT2D eigenvalue weighted by Crippen LogP contribution is -2.04. The van der Waals surface area contributed by atoms with Gasteiger partial charge in [-0.25, -0.2) is 4.98 Å². The number of nitrogens with one attached hydrogen (secondary N) is 2. The standard InChI is InChI=1S/C13H14Cl2N4/c1-2-5-17-12-7-16-8-13(19-12)18-11-6-9(14)3-4-10(11)15/h3-4,6-8H,2,5H2,1H3,(H2,17,18,19). The summed E-state index contributed by atoms with van der Waals surface area (Å²) in [7, 11) is 0. The molecular weight excluding hydrogens is 283 g/mol. The van der Waals surface area contributed by atoms with Crippen LogP contribution in [0.2, 0.25) is 10.0 Å². The number of aromatic nitrogens is 2. The Bertz CT molecular complexity index is 560. The first-order valence-electron chi connectivity index (χ1n) is 5.97. The van der Waals surface area contributed by atoms with Crippen molar-refractivity contribution in [2.24, 2.45) is 0 Å². The van der Waals surface area contributed by atoms with Crippen molar-refractivity contribution in [2.45, 2.75) is 13.3 Å². The van der Waals surface area contributed by atoms with Gasteiger partial charge in [0, 0.05) is 11.6 Å². The van der Waals surface area contributed by atoms with Gasteiger partial charge in [0.05, 0.1) is 23.1 Å². The summed E-state index contributed by atoms with van der Waals surface area (Å²) in [5.41, 5.74) is 0.705. The minimum absolute atomic E-state index is 0.582. The number of hydrogen-bond donors (Lipinski definition) is 2. The van der Waals surface area contributed by atoms with Crippen LogP contribution in [0.5, 0.6) is 0 Å². The topological polar surface area (TPSA) is 49.8 Å². The van der Waals surface area contributed by atoms with E-state index in [1.54, 1.807) is 30.6 Å². The molecule has 0 spiro atoms. The van der Waals surface area contributed by atoms with Crippen LogP contribution in [0, 0.1) is 0 Å². The third kappa shape index (κ3) is 3.98. The van der Waals surface area contributed by atoms with Gasteiger partial charge in [0.15, 0.2) is 5.82 Å². The lowest BCUT2D eigenvalue weighted by Gasteiger charge is -2.09. The van der Waals surface area contributed by atoms with Gasteiger partial charge in [0.25, 0.3) is 0 Å². The van der Waals surface area contributed by atoms with Crippen LogP contribution in [0.15, 0.2) is 30.6 Å². The quantitative estimate of drug-likeness (QED) is 0.861. The predicted molar refractivity (Wildman–Crippen MR) is 80.6 cm³/mol. The molecular formula is C13H14Cl2N4. The maximum Gasteiger partial charge on any atom is 0.151 e. The Labute approximate surface area is 122 Å². The van der Waals surface area contributed by atoms with Crippen molar-refractivity contribution in [3.63, 3.8) is 0 Å². The number of anilines is 3. The molecule has 6 heteroatoms. The maximum atomic E-state index is 6.08. The van der Waals surface area contributed by atoms with Crippen LogP contribution < -0.4 is 10.6 Å². The molecule has 0 fully saturated rings. The highest BCUT2D eigenvalue weighted by atomic mass is 35.5. The first kappa shape index (κ1) is 13.9. The van der Waals surface area contributed by atoms with Gasteiger partial charge in [-0.3, -0.25) is 4.98 Å². The van der Waals surface area contributed by atoms with Crippen LogP contribution in [-0.4, -0.2) is 16.5 Å².